The number of fused-ring (bicyclic) bond motifs is 1. The average molecular weight is 336 g/mol. The highest BCUT2D eigenvalue weighted by Gasteiger charge is 2.32. The number of hydrogen-bond donors (Lipinski definition) is 2. The van der Waals surface area contributed by atoms with E-state index in [2.05, 4.69) is 44.8 Å². The number of benzene rings is 1. The molecule has 1 aromatic heterocycles. The van der Waals surface area contributed by atoms with Crippen LogP contribution in [0.5, 0.6) is 0 Å². The van der Waals surface area contributed by atoms with E-state index in [9.17, 15) is 4.79 Å². The molecule has 130 valence electrons. The minimum atomic E-state index is -0.140. The fourth-order valence-corrected chi connectivity index (χ4v) is 3.89. The van der Waals surface area contributed by atoms with Gasteiger partial charge in [-0.25, -0.2) is 0 Å². The third-order valence-corrected chi connectivity index (χ3v) is 5.29. The number of nitrogens with zero attached hydrogens (tertiary/aromatic N) is 2. The summed E-state index contributed by atoms with van der Waals surface area (Å²) in [5.74, 6) is 0.0806. The van der Waals surface area contributed by atoms with Crippen LogP contribution in [0.25, 0.3) is 0 Å². The van der Waals surface area contributed by atoms with Crippen LogP contribution in [0.3, 0.4) is 0 Å². The molecule has 1 aliphatic heterocycles. The number of carbonyl (C=O) groups excluding carboxylic acids is 1. The first-order valence-electron chi connectivity index (χ1n) is 9.00. The number of pyridine rings is 1. The van der Waals surface area contributed by atoms with Crippen LogP contribution in [0, 0.1) is 0 Å². The van der Waals surface area contributed by atoms with Gasteiger partial charge < -0.3 is 10.6 Å². The lowest BCUT2D eigenvalue weighted by atomic mass is 10.1. The molecule has 25 heavy (non-hydrogen) atoms. The molecule has 4 rings (SSSR count). The highest BCUT2D eigenvalue weighted by molar-refractivity contribution is 5.82. The monoisotopic (exact) mass is 336 g/mol. The zero-order valence-electron chi connectivity index (χ0n) is 14.3. The number of carbonyl (C=O) groups is 1. The third kappa shape index (κ3) is 3.72. The fourth-order valence-electron chi connectivity index (χ4n) is 3.89. The van der Waals surface area contributed by atoms with Crippen molar-refractivity contribution in [1.29, 1.82) is 0 Å². The summed E-state index contributed by atoms with van der Waals surface area (Å²) in [5.41, 5.74) is 4.00. The van der Waals surface area contributed by atoms with Crippen LogP contribution < -0.4 is 10.6 Å². The topological polar surface area (TPSA) is 57.3 Å². The lowest BCUT2D eigenvalue weighted by Crippen LogP contribution is -2.59. The Morgan fingerprint density at radius 3 is 2.60 bits per heavy atom. The Morgan fingerprint density at radius 1 is 1.16 bits per heavy atom. The maximum atomic E-state index is 12.5. The molecule has 0 unspecified atom stereocenters. The number of aromatic nitrogens is 1. The second kappa shape index (κ2) is 7.33. The molecule has 1 atom stereocenters. The van der Waals surface area contributed by atoms with Gasteiger partial charge in [-0.1, -0.05) is 24.3 Å². The summed E-state index contributed by atoms with van der Waals surface area (Å²) in [6, 6.07) is 12.9. The molecule has 5 nitrogen and oxygen atoms in total. The summed E-state index contributed by atoms with van der Waals surface area (Å²) in [5, 5.41) is 6.40. The Hall–Kier alpha value is -2.24. The number of nitrogens with one attached hydrogen (secondary N) is 2. The molecule has 0 saturated carbocycles. The number of rotatable bonds is 4. The Balaban J connectivity index is 1.33. The van der Waals surface area contributed by atoms with E-state index in [1.54, 1.807) is 12.4 Å². The van der Waals surface area contributed by atoms with Crippen molar-refractivity contribution in [3.05, 3.63) is 65.5 Å². The molecule has 1 aliphatic carbocycles. The van der Waals surface area contributed by atoms with Gasteiger partial charge in [0.1, 0.15) is 0 Å². The van der Waals surface area contributed by atoms with Crippen LogP contribution in [0.15, 0.2) is 48.8 Å². The van der Waals surface area contributed by atoms with Crippen molar-refractivity contribution in [3.8, 4) is 0 Å². The van der Waals surface area contributed by atoms with E-state index in [4.69, 9.17) is 0 Å². The quantitative estimate of drug-likeness (QED) is 0.879. The Kier molecular flexibility index (Phi) is 4.76. The molecule has 0 bridgehead atoms. The molecule has 0 radical (unpaired) electrons. The van der Waals surface area contributed by atoms with Crippen molar-refractivity contribution in [1.82, 2.24) is 20.5 Å². The summed E-state index contributed by atoms with van der Waals surface area (Å²) >= 11 is 0. The van der Waals surface area contributed by atoms with Crippen LogP contribution >= 0.6 is 0 Å². The number of amides is 1. The molecule has 1 aromatic carbocycles. The van der Waals surface area contributed by atoms with Gasteiger partial charge in [0.25, 0.3) is 0 Å². The van der Waals surface area contributed by atoms with E-state index in [0.717, 1.165) is 38.0 Å². The van der Waals surface area contributed by atoms with E-state index >= 15 is 0 Å². The molecular weight excluding hydrogens is 312 g/mol. The predicted molar refractivity (Wildman–Crippen MR) is 97.1 cm³/mol. The van der Waals surface area contributed by atoms with Gasteiger partial charge in [-0.05, 0) is 41.7 Å². The average Bonchev–Trinajstić information content (AvgIpc) is 3.11. The van der Waals surface area contributed by atoms with E-state index < -0.39 is 0 Å². The van der Waals surface area contributed by atoms with Crippen molar-refractivity contribution in [2.75, 3.05) is 19.6 Å². The van der Waals surface area contributed by atoms with Crippen molar-refractivity contribution in [3.63, 3.8) is 0 Å². The number of hydrogen-bond acceptors (Lipinski definition) is 4. The molecule has 2 N–H and O–H groups in total. The summed E-state index contributed by atoms with van der Waals surface area (Å²) in [6.45, 7) is 3.20. The van der Waals surface area contributed by atoms with E-state index in [1.807, 2.05) is 12.1 Å². The second-order valence-corrected chi connectivity index (χ2v) is 6.91. The zero-order chi connectivity index (χ0) is 17.1. The minimum Gasteiger partial charge on any atom is -0.351 e. The SMILES string of the molecule is O=C(NCc1ccncc1)[C@H]1CN(C2Cc3ccccc3C2)CCN1. The highest BCUT2D eigenvalue weighted by Crippen LogP contribution is 2.26. The smallest absolute Gasteiger partial charge is 0.238 e. The Bertz CT molecular complexity index is 708. The summed E-state index contributed by atoms with van der Waals surface area (Å²) in [7, 11) is 0. The zero-order valence-corrected chi connectivity index (χ0v) is 14.3. The van der Waals surface area contributed by atoms with Crippen molar-refractivity contribution >= 4 is 5.91 Å². The first kappa shape index (κ1) is 16.2. The van der Waals surface area contributed by atoms with Gasteiger partial charge in [0.05, 0.1) is 6.04 Å². The van der Waals surface area contributed by atoms with Crippen LogP contribution in [-0.4, -0.2) is 47.5 Å². The molecule has 1 amide bonds. The van der Waals surface area contributed by atoms with Crippen molar-refractivity contribution in [2.24, 2.45) is 0 Å². The fraction of sp³-hybridized carbons (Fsp3) is 0.400. The molecule has 2 aliphatic rings. The van der Waals surface area contributed by atoms with E-state index in [1.165, 1.54) is 11.1 Å². The normalized spacial score (nSPS) is 21.0. The molecule has 2 heterocycles. The van der Waals surface area contributed by atoms with Crippen LogP contribution in [0.2, 0.25) is 0 Å². The summed E-state index contributed by atoms with van der Waals surface area (Å²) in [4.78, 5) is 19.0. The molecule has 1 saturated heterocycles. The predicted octanol–water partition coefficient (Wildman–Crippen LogP) is 1.14. The Morgan fingerprint density at radius 2 is 1.88 bits per heavy atom. The first-order chi connectivity index (χ1) is 12.3. The van der Waals surface area contributed by atoms with Gasteiger partial charge in [-0.3, -0.25) is 14.7 Å². The Labute approximate surface area is 148 Å². The van der Waals surface area contributed by atoms with Gasteiger partial charge in [0.2, 0.25) is 5.91 Å². The van der Waals surface area contributed by atoms with Crippen LogP contribution in [0.4, 0.5) is 0 Å². The summed E-state index contributed by atoms with van der Waals surface area (Å²) in [6.07, 6.45) is 5.70. The van der Waals surface area contributed by atoms with Crippen molar-refractivity contribution < 1.29 is 4.79 Å². The maximum Gasteiger partial charge on any atom is 0.238 e. The summed E-state index contributed by atoms with van der Waals surface area (Å²) < 4.78 is 0. The number of piperazine rings is 1. The van der Waals surface area contributed by atoms with Gasteiger partial charge in [0, 0.05) is 44.6 Å². The van der Waals surface area contributed by atoms with Gasteiger partial charge >= 0.3 is 0 Å². The third-order valence-electron chi connectivity index (χ3n) is 5.29. The van der Waals surface area contributed by atoms with E-state index in [0.29, 0.717) is 12.6 Å². The maximum absolute atomic E-state index is 12.5. The van der Waals surface area contributed by atoms with Crippen LogP contribution in [0.1, 0.15) is 16.7 Å². The van der Waals surface area contributed by atoms with Crippen molar-refractivity contribution in [2.45, 2.75) is 31.5 Å². The van der Waals surface area contributed by atoms with Crippen LogP contribution in [-0.2, 0) is 24.2 Å². The van der Waals surface area contributed by atoms with Gasteiger partial charge in [-0.2, -0.15) is 0 Å². The molecule has 0 spiro atoms. The standard InChI is InChI=1S/C20H24N4O/c25-20(23-13-15-5-7-21-8-6-15)19-14-24(10-9-22-19)18-11-16-3-1-2-4-17(16)12-18/h1-8,18-19,22H,9-14H2,(H,23,25)/t19-/m1/s1. The first-order valence-corrected chi connectivity index (χ1v) is 9.00. The lowest BCUT2D eigenvalue weighted by molar-refractivity contribution is -0.124. The van der Waals surface area contributed by atoms with Gasteiger partial charge in [0.15, 0.2) is 0 Å². The second-order valence-electron chi connectivity index (χ2n) is 6.91. The minimum absolute atomic E-state index is 0.0806. The molecule has 2 aromatic rings. The molecule has 1 fully saturated rings. The van der Waals surface area contributed by atoms with Gasteiger partial charge in [-0.15, -0.1) is 0 Å². The largest absolute Gasteiger partial charge is 0.351 e. The molecule has 5 heteroatoms. The lowest BCUT2D eigenvalue weighted by Gasteiger charge is -2.36. The highest BCUT2D eigenvalue weighted by atomic mass is 16.2. The van der Waals surface area contributed by atoms with E-state index in [-0.39, 0.29) is 11.9 Å². The molecular formula is C20H24N4O.